The largest absolute Gasteiger partial charge is 0.337 e. The van der Waals surface area contributed by atoms with Gasteiger partial charge in [0.05, 0.1) is 11.9 Å². The van der Waals surface area contributed by atoms with Crippen LogP contribution in [0, 0.1) is 6.92 Å². The van der Waals surface area contributed by atoms with Gasteiger partial charge in [-0.05, 0) is 55.7 Å². The van der Waals surface area contributed by atoms with Crippen LogP contribution in [0.1, 0.15) is 35.5 Å². The van der Waals surface area contributed by atoms with Crippen LogP contribution in [0.2, 0.25) is 0 Å². The fourth-order valence-electron chi connectivity index (χ4n) is 3.04. The topological polar surface area (TPSA) is 46.9 Å². The number of nitrogens with one attached hydrogen (secondary N) is 1. The number of amides is 1. The van der Waals surface area contributed by atoms with Gasteiger partial charge in [-0.2, -0.15) is 0 Å². The van der Waals surface area contributed by atoms with Crippen LogP contribution >= 0.6 is 0 Å². The van der Waals surface area contributed by atoms with Gasteiger partial charge in [-0.1, -0.05) is 13.0 Å². The molecule has 2 aromatic heterocycles. The van der Waals surface area contributed by atoms with Gasteiger partial charge in [0.2, 0.25) is 0 Å². The molecule has 4 nitrogen and oxygen atoms in total. The molecule has 1 N–H and O–H groups in total. The first-order valence-electron chi connectivity index (χ1n) is 7.98. The summed E-state index contributed by atoms with van der Waals surface area (Å²) in [5, 5.41) is 4.10. The van der Waals surface area contributed by atoms with Gasteiger partial charge in [0.25, 0.3) is 5.91 Å². The Morgan fingerprint density at radius 1 is 1.26 bits per heavy atom. The van der Waals surface area contributed by atoms with Gasteiger partial charge < -0.3 is 9.88 Å². The number of hydrogen-bond donors (Lipinski definition) is 1. The molecule has 0 spiro atoms. The predicted octanol–water partition coefficient (Wildman–Crippen LogP) is 4.18. The van der Waals surface area contributed by atoms with Crippen molar-refractivity contribution < 1.29 is 4.79 Å². The third-order valence-electron chi connectivity index (χ3n) is 4.24. The standard InChI is InChI=1S/C19H21N3O/c1-4-14-8-9-17-16(11-14)13(3)18(22(17)5-2)19(23)21-15-7-6-10-20-12-15/h6-12H,4-5H2,1-3H3,(H,21,23). The molecule has 0 atom stereocenters. The van der Waals surface area contributed by atoms with Gasteiger partial charge in [0, 0.05) is 23.6 Å². The van der Waals surface area contributed by atoms with E-state index in [1.807, 2.05) is 19.1 Å². The Balaban J connectivity index is 2.09. The minimum Gasteiger partial charge on any atom is -0.337 e. The summed E-state index contributed by atoms with van der Waals surface area (Å²) in [6.45, 7) is 6.98. The number of carbonyl (C=O) groups excluding carboxylic acids is 1. The zero-order valence-corrected chi connectivity index (χ0v) is 13.8. The van der Waals surface area contributed by atoms with Crippen molar-refractivity contribution in [3.8, 4) is 0 Å². The van der Waals surface area contributed by atoms with Crippen molar-refractivity contribution in [2.75, 3.05) is 5.32 Å². The first kappa shape index (κ1) is 15.3. The van der Waals surface area contributed by atoms with Crippen molar-refractivity contribution in [2.45, 2.75) is 33.7 Å². The van der Waals surface area contributed by atoms with Crippen LogP contribution in [0.5, 0.6) is 0 Å². The summed E-state index contributed by atoms with van der Waals surface area (Å²) >= 11 is 0. The summed E-state index contributed by atoms with van der Waals surface area (Å²) in [6.07, 6.45) is 4.33. The molecule has 0 bridgehead atoms. The van der Waals surface area contributed by atoms with Crippen molar-refractivity contribution in [1.82, 2.24) is 9.55 Å². The molecule has 0 fully saturated rings. The molecule has 0 saturated carbocycles. The monoisotopic (exact) mass is 307 g/mol. The molecule has 0 saturated heterocycles. The average molecular weight is 307 g/mol. The molecule has 1 amide bonds. The first-order valence-corrected chi connectivity index (χ1v) is 7.98. The number of nitrogens with zero attached hydrogens (tertiary/aromatic N) is 2. The van der Waals surface area contributed by atoms with Crippen molar-refractivity contribution >= 4 is 22.5 Å². The SMILES string of the molecule is CCc1ccc2c(c1)c(C)c(C(=O)Nc1cccnc1)n2CC. The molecule has 0 aliphatic heterocycles. The molecule has 0 radical (unpaired) electrons. The lowest BCUT2D eigenvalue weighted by molar-refractivity contribution is 0.101. The quantitative estimate of drug-likeness (QED) is 0.786. The fraction of sp³-hybridized carbons (Fsp3) is 0.263. The van der Waals surface area contributed by atoms with Crippen molar-refractivity contribution in [3.05, 3.63) is 59.5 Å². The van der Waals surface area contributed by atoms with E-state index in [1.54, 1.807) is 12.4 Å². The number of carbonyl (C=O) groups is 1. The molecule has 3 aromatic rings. The molecule has 23 heavy (non-hydrogen) atoms. The number of pyridine rings is 1. The predicted molar refractivity (Wildman–Crippen MR) is 93.9 cm³/mol. The minimum atomic E-state index is -0.0911. The van der Waals surface area contributed by atoms with E-state index in [9.17, 15) is 4.79 Å². The summed E-state index contributed by atoms with van der Waals surface area (Å²) in [4.78, 5) is 16.8. The van der Waals surface area contributed by atoms with E-state index in [0.29, 0.717) is 5.69 Å². The molecule has 3 rings (SSSR count). The molecule has 0 unspecified atom stereocenters. The number of aryl methyl sites for hydroxylation is 3. The molecule has 0 aliphatic carbocycles. The van der Waals surface area contributed by atoms with Crippen LogP contribution in [0.4, 0.5) is 5.69 Å². The minimum absolute atomic E-state index is 0.0911. The molecular weight excluding hydrogens is 286 g/mol. The van der Waals surface area contributed by atoms with Crippen molar-refractivity contribution in [1.29, 1.82) is 0 Å². The second kappa shape index (κ2) is 6.24. The normalized spacial score (nSPS) is 10.9. The number of rotatable bonds is 4. The van der Waals surface area contributed by atoms with E-state index in [0.717, 1.165) is 35.1 Å². The van der Waals surface area contributed by atoms with Crippen molar-refractivity contribution in [2.24, 2.45) is 0 Å². The molecule has 1 aromatic carbocycles. The highest BCUT2D eigenvalue weighted by Crippen LogP contribution is 2.27. The third kappa shape index (κ3) is 2.72. The highest BCUT2D eigenvalue weighted by atomic mass is 16.2. The summed E-state index contributed by atoms with van der Waals surface area (Å²) in [5.41, 5.74) is 4.85. The van der Waals surface area contributed by atoms with Gasteiger partial charge >= 0.3 is 0 Å². The van der Waals surface area contributed by atoms with Gasteiger partial charge in [-0.25, -0.2) is 0 Å². The van der Waals surface area contributed by atoms with Crippen LogP contribution in [0.25, 0.3) is 10.9 Å². The van der Waals surface area contributed by atoms with Crippen LogP contribution in [0.3, 0.4) is 0 Å². The third-order valence-corrected chi connectivity index (χ3v) is 4.24. The molecule has 4 heteroatoms. The lowest BCUT2D eigenvalue weighted by Gasteiger charge is -2.09. The fourth-order valence-corrected chi connectivity index (χ4v) is 3.04. The lowest BCUT2D eigenvalue weighted by atomic mass is 10.1. The highest BCUT2D eigenvalue weighted by molar-refractivity contribution is 6.08. The number of anilines is 1. The average Bonchev–Trinajstić information content (AvgIpc) is 2.87. The maximum Gasteiger partial charge on any atom is 0.272 e. The van der Waals surface area contributed by atoms with Gasteiger partial charge in [-0.3, -0.25) is 9.78 Å². The summed E-state index contributed by atoms with van der Waals surface area (Å²) in [6, 6.07) is 10.1. The Bertz CT molecular complexity index is 850. The maximum absolute atomic E-state index is 12.8. The summed E-state index contributed by atoms with van der Waals surface area (Å²) in [7, 11) is 0. The van der Waals surface area contributed by atoms with Gasteiger partial charge in [0.15, 0.2) is 0 Å². The number of aromatic nitrogens is 2. The Hall–Kier alpha value is -2.62. The lowest BCUT2D eigenvalue weighted by Crippen LogP contribution is -2.17. The van der Waals surface area contributed by atoms with E-state index in [4.69, 9.17) is 0 Å². The van der Waals surface area contributed by atoms with Crippen LogP contribution in [-0.4, -0.2) is 15.5 Å². The Morgan fingerprint density at radius 3 is 2.74 bits per heavy atom. The van der Waals surface area contributed by atoms with E-state index in [-0.39, 0.29) is 5.91 Å². The Kier molecular flexibility index (Phi) is 4.15. The second-order valence-electron chi connectivity index (χ2n) is 5.62. The first-order chi connectivity index (χ1) is 11.2. The highest BCUT2D eigenvalue weighted by Gasteiger charge is 2.19. The number of fused-ring (bicyclic) bond motifs is 1. The number of hydrogen-bond acceptors (Lipinski definition) is 2. The van der Waals surface area contributed by atoms with E-state index >= 15 is 0 Å². The molecule has 0 aliphatic rings. The molecular formula is C19H21N3O. The van der Waals surface area contributed by atoms with E-state index in [2.05, 4.69) is 46.9 Å². The molecule has 2 heterocycles. The van der Waals surface area contributed by atoms with Crippen LogP contribution in [0.15, 0.2) is 42.7 Å². The van der Waals surface area contributed by atoms with E-state index in [1.165, 1.54) is 5.56 Å². The Morgan fingerprint density at radius 2 is 2.09 bits per heavy atom. The van der Waals surface area contributed by atoms with Crippen molar-refractivity contribution in [3.63, 3.8) is 0 Å². The van der Waals surface area contributed by atoms with Gasteiger partial charge in [0.1, 0.15) is 5.69 Å². The summed E-state index contributed by atoms with van der Waals surface area (Å²) < 4.78 is 2.08. The molecule has 118 valence electrons. The van der Waals surface area contributed by atoms with Crippen LogP contribution < -0.4 is 5.32 Å². The maximum atomic E-state index is 12.8. The Labute approximate surface area is 136 Å². The zero-order chi connectivity index (χ0) is 16.4. The van der Waals surface area contributed by atoms with E-state index < -0.39 is 0 Å². The van der Waals surface area contributed by atoms with Gasteiger partial charge in [-0.15, -0.1) is 0 Å². The summed E-state index contributed by atoms with van der Waals surface area (Å²) in [5.74, 6) is -0.0911. The smallest absolute Gasteiger partial charge is 0.272 e. The zero-order valence-electron chi connectivity index (χ0n) is 13.8. The number of benzene rings is 1. The van der Waals surface area contributed by atoms with Crippen LogP contribution in [-0.2, 0) is 13.0 Å². The second-order valence-corrected chi connectivity index (χ2v) is 5.62.